The Bertz CT molecular complexity index is 1070. The summed E-state index contributed by atoms with van der Waals surface area (Å²) in [5.74, 6) is -0.422. The summed E-state index contributed by atoms with van der Waals surface area (Å²) in [6.45, 7) is 6.91. The molecular formula is C27H32N2O4W. The third-order valence-electron chi connectivity index (χ3n) is 5.77. The molecule has 7 heteroatoms. The van der Waals surface area contributed by atoms with Gasteiger partial charge in [0, 0.05) is 0 Å². The first-order valence-corrected chi connectivity index (χ1v) is 13.0. The maximum atomic E-state index is 13.5. The Labute approximate surface area is 212 Å². The predicted octanol–water partition coefficient (Wildman–Crippen LogP) is 3.19. The number of nitrogens with zero attached hydrogens (tertiary/aromatic N) is 1. The standard InChI is InChI=1S/C27H32N2O4.W/c1-27(2,3)33-26(32)21-12-10-19(11-13-21)17-24(31)25-23-9-5-7-20(8-6-15-28-4)22(23)14-16-29(25)18-30;/h5,7,9-13,18,25,28H,6,14-17H2,1-4H3;. The van der Waals surface area contributed by atoms with E-state index >= 15 is 0 Å². The van der Waals surface area contributed by atoms with Crippen LogP contribution in [0.15, 0.2) is 42.5 Å². The van der Waals surface area contributed by atoms with Gasteiger partial charge in [0.05, 0.1) is 0 Å². The summed E-state index contributed by atoms with van der Waals surface area (Å²) in [4.78, 5) is 39.2. The van der Waals surface area contributed by atoms with E-state index in [1.54, 1.807) is 29.2 Å². The van der Waals surface area contributed by atoms with Gasteiger partial charge >= 0.3 is 177 Å². The van der Waals surface area contributed by atoms with Crippen LogP contribution >= 0.6 is 0 Å². The molecule has 1 amide bonds. The average Bonchev–Trinajstić information content (AvgIpc) is 2.80. The van der Waals surface area contributed by atoms with Crippen LogP contribution in [0.3, 0.4) is 0 Å². The van der Waals surface area contributed by atoms with Crippen molar-refractivity contribution in [3.63, 3.8) is 0 Å². The Morgan fingerprint density at radius 3 is 2.50 bits per heavy atom. The second-order valence-electron chi connectivity index (χ2n) is 9.49. The number of nitrogens with one attached hydrogen (secondary N) is 1. The van der Waals surface area contributed by atoms with E-state index in [1.165, 1.54) is 34.4 Å². The van der Waals surface area contributed by atoms with Crippen LogP contribution in [0.25, 0.3) is 0 Å². The van der Waals surface area contributed by atoms with Gasteiger partial charge in [0.1, 0.15) is 5.60 Å². The van der Waals surface area contributed by atoms with Crippen LogP contribution in [-0.4, -0.2) is 52.7 Å². The van der Waals surface area contributed by atoms with E-state index in [-0.39, 0.29) is 12.2 Å². The first kappa shape index (κ1) is 26.2. The summed E-state index contributed by atoms with van der Waals surface area (Å²) in [5.41, 5.74) is 4.00. The van der Waals surface area contributed by atoms with Crippen LogP contribution in [-0.2, 0) is 46.5 Å². The van der Waals surface area contributed by atoms with Crippen LogP contribution in [0, 0.1) is 0 Å². The molecule has 1 atom stereocenters. The zero-order valence-corrected chi connectivity index (χ0v) is 23.2. The van der Waals surface area contributed by atoms with Crippen LogP contribution in [0.1, 0.15) is 65.8 Å². The first-order valence-electron chi connectivity index (χ1n) is 11.5. The van der Waals surface area contributed by atoms with Gasteiger partial charge in [-0.2, -0.15) is 0 Å². The molecule has 3 rings (SSSR count). The molecule has 1 unspecified atom stereocenters. The van der Waals surface area contributed by atoms with Crippen molar-refractivity contribution >= 4 is 22.1 Å². The van der Waals surface area contributed by atoms with E-state index in [9.17, 15) is 14.4 Å². The van der Waals surface area contributed by atoms with Crippen LogP contribution in [0.4, 0.5) is 0 Å². The molecule has 2 aromatic carbocycles. The van der Waals surface area contributed by atoms with E-state index in [4.69, 9.17) is 4.74 Å². The Kier molecular flexibility index (Phi) is 8.72. The number of carbonyl (C=O) groups excluding carboxylic acids is 3. The van der Waals surface area contributed by atoms with Gasteiger partial charge in [-0.1, -0.05) is 0 Å². The molecule has 1 N–H and O–H groups in total. The zero-order valence-electron chi connectivity index (χ0n) is 20.2. The van der Waals surface area contributed by atoms with E-state index in [2.05, 4.69) is 11.4 Å². The van der Waals surface area contributed by atoms with Gasteiger partial charge in [-0.25, -0.2) is 4.79 Å². The molecule has 180 valence electrons. The summed E-state index contributed by atoms with van der Waals surface area (Å²) in [5, 5.41) is 3.20. The van der Waals surface area contributed by atoms with E-state index < -0.39 is 17.6 Å². The van der Waals surface area contributed by atoms with Crippen LogP contribution < -0.4 is 5.32 Å². The molecule has 0 radical (unpaired) electrons. The van der Waals surface area contributed by atoms with Crippen molar-refractivity contribution in [2.75, 3.05) is 20.1 Å². The van der Waals surface area contributed by atoms with E-state index in [1.807, 2.05) is 40.0 Å². The van der Waals surface area contributed by atoms with Gasteiger partial charge in [-0.05, 0) is 20.8 Å². The van der Waals surface area contributed by atoms with Crippen molar-refractivity contribution < 1.29 is 38.5 Å². The number of amides is 1. The summed E-state index contributed by atoms with van der Waals surface area (Å²) >= 11 is 1.42. The van der Waals surface area contributed by atoms with Crippen molar-refractivity contribution in [2.45, 2.75) is 51.7 Å². The second kappa shape index (κ2) is 11.3. The number of ether oxygens (including phenoxy) is 1. The number of hydrogen-bond acceptors (Lipinski definition) is 5. The fourth-order valence-electron chi connectivity index (χ4n) is 4.19. The number of fused-ring (bicyclic) bond motifs is 1. The second-order valence-corrected chi connectivity index (χ2v) is 11.3. The minimum atomic E-state index is -0.598. The molecule has 0 aromatic heterocycles. The van der Waals surface area contributed by atoms with Crippen molar-refractivity contribution in [1.82, 2.24) is 10.2 Å². The Hall–Kier alpha value is -2.43. The third-order valence-corrected chi connectivity index (χ3v) is 7.29. The van der Waals surface area contributed by atoms with Crippen molar-refractivity contribution in [1.29, 1.82) is 0 Å². The fraction of sp³-hybridized carbons (Fsp3) is 0.407. The minimum absolute atomic E-state index is 0.0320. The molecule has 1 aliphatic heterocycles. The molecule has 0 saturated heterocycles. The van der Waals surface area contributed by atoms with Crippen molar-refractivity contribution in [2.24, 2.45) is 0 Å². The molecular weight excluding hydrogens is 600 g/mol. The molecule has 1 aliphatic rings. The number of esters is 1. The molecule has 6 nitrogen and oxygen atoms in total. The van der Waals surface area contributed by atoms with Crippen LogP contribution in [0.2, 0.25) is 0 Å². The number of carbonyl (C=O) groups is 3. The van der Waals surface area contributed by atoms with Gasteiger partial charge in [0.15, 0.2) is 0 Å². The van der Waals surface area contributed by atoms with Gasteiger partial charge < -0.3 is 4.74 Å². The van der Waals surface area contributed by atoms with E-state index in [0.717, 1.165) is 36.9 Å². The molecule has 0 aliphatic carbocycles. The Morgan fingerprint density at radius 2 is 1.88 bits per heavy atom. The fourth-order valence-corrected chi connectivity index (χ4v) is 5.24. The molecule has 34 heavy (non-hydrogen) atoms. The Balaban J connectivity index is 1.82. The van der Waals surface area contributed by atoms with Gasteiger partial charge in [0.2, 0.25) is 0 Å². The molecule has 0 fully saturated rings. The van der Waals surface area contributed by atoms with Crippen LogP contribution in [0.5, 0.6) is 0 Å². The average molecular weight is 632 g/mol. The summed E-state index contributed by atoms with van der Waals surface area (Å²) in [6, 6.07) is 12.4. The van der Waals surface area contributed by atoms with Gasteiger partial charge in [-0.3, -0.25) is 0 Å². The normalized spacial score (nSPS) is 15.4. The SMILES string of the molecule is CNCC[C](=[W])c1cccc2c1CCN(C=O)C2C(=O)Cc1ccc(C(=O)OC(C)(C)C)cc1. The topological polar surface area (TPSA) is 75.7 Å². The number of hydrogen-bond donors (Lipinski definition) is 1. The Morgan fingerprint density at radius 1 is 1.18 bits per heavy atom. The molecule has 0 bridgehead atoms. The van der Waals surface area contributed by atoms with Crippen molar-refractivity contribution in [3.05, 3.63) is 70.3 Å². The maximum absolute atomic E-state index is 13.5. The first-order chi connectivity index (χ1) is 16.1. The zero-order chi connectivity index (χ0) is 24.9. The van der Waals surface area contributed by atoms with Crippen molar-refractivity contribution in [3.8, 4) is 0 Å². The van der Waals surface area contributed by atoms with E-state index in [0.29, 0.717) is 12.1 Å². The monoisotopic (exact) mass is 632 g/mol. The molecule has 1 heterocycles. The quantitative estimate of drug-likeness (QED) is 0.340. The molecule has 2 aromatic rings. The molecule has 0 saturated carbocycles. The number of rotatable bonds is 9. The summed E-state index contributed by atoms with van der Waals surface area (Å²) in [6.07, 6.45) is 2.67. The summed E-state index contributed by atoms with van der Waals surface area (Å²) in [7, 11) is 1.94. The van der Waals surface area contributed by atoms with Gasteiger partial charge in [-0.15, -0.1) is 0 Å². The number of Topliss-reactive ketones (excluding diaryl/α,β-unsaturated/α-hetero) is 1. The van der Waals surface area contributed by atoms with Gasteiger partial charge in [0.25, 0.3) is 0 Å². The number of benzene rings is 2. The summed E-state index contributed by atoms with van der Waals surface area (Å²) < 4.78 is 6.76. The third kappa shape index (κ3) is 6.37. The molecule has 0 spiro atoms. The number of ketones is 1. The predicted molar refractivity (Wildman–Crippen MR) is 129 cm³/mol.